The van der Waals surface area contributed by atoms with E-state index in [2.05, 4.69) is 19.8 Å². The maximum absolute atomic E-state index is 12.6. The molecule has 1 aromatic carbocycles. The predicted molar refractivity (Wildman–Crippen MR) is 94.1 cm³/mol. The summed E-state index contributed by atoms with van der Waals surface area (Å²) in [5, 5.41) is 15.0. The first-order valence-electron chi connectivity index (χ1n) is 7.76. The lowest BCUT2D eigenvalue weighted by atomic mass is 10.1. The van der Waals surface area contributed by atoms with Crippen molar-refractivity contribution in [2.75, 3.05) is 0 Å². The SMILES string of the molecule is Cc1cc([N+](=O)[O-])c(S(=O)(=O)NCc2nc(-c3cccnc3)no2)cc1C. The largest absolute Gasteiger partial charge is 0.338 e. The van der Waals surface area contributed by atoms with Crippen molar-refractivity contribution in [3.8, 4) is 11.4 Å². The summed E-state index contributed by atoms with van der Waals surface area (Å²) in [6.07, 6.45) is 3.13. The molecule has 2 aromatic heterocycles. The molecule has 0 bridgehead atoms. The van der Waals surface area contributed by atoms with Crippen LogP contribution in [0.1, 0.15) is 17.0 Å². The summed E-state index contributed by atoms with van der Waals surface area (Å²) in [5.74, 6) is 0.276. The van der Waals surface area contributed by atoms with Gasteiger partial charge < -0.3 is 4.52 Å². The highest BCUT2D eigenvalue weighted by Crippen LogP contribution is 2.27. The van der Waals surface area contributed by atoms with Gasteiger partial charge in [-0.05, 0) is 43.2 Å². The van der Waals surface area contributed by atoms with Crippen LogP contribution < -0.4 is 4.72 Å². The Morgan fingerprint density at radius 3 is 2.67 bits per heavy atom. The normalized spacial score (nSPS) is 11.5. The van der Waals surface area contributed by atoms with Crippen LogP contribution in [0.4, 0.5) is 5.69 Å². The average molecular weight is 389 g/mol. The van der Waals surface area contributed by atoms with Crippen LogP contribution in [0.2, 0.25) is 0 Å². The van der Waals surface area contributed by atoms with E-state index in [9.17, 15) is 18.5 Å². The van der Waals surface area contributed by atoms with Crippen LogP contribution in [-0.2, 0) is 16.6 Å². The second-order valence-electron chi connectivity index (χ2n) is 5.74. The minimum atomic E-state index is -4.16. The Kier molecular flexibility index (Phi) is 4.97. The molecule has 0 aliphatic carbocycles. The number of aryl methyl sites for hydroxylation is 2. The van der Waals surface area contributed by atoms with Gasteiger partial charge in [0.1, 0.15) is 0 Å². The summed E-state index contributed by atoms with van der Waals surface area (Å²) in [7, 11) is -4.16. The molecule has 0 amide bonds. The lowest BCUT2D eigenvalue weighted by molar-refractivity contribution is -0.387. The van der Waals surface area contributed by atoms with Gasteiger partial charge >= 0.3 is 0 Å². The van der Waals surface area contributed by atoms with Gasteiger partial charge in [0.05, 0.1) is 11.5 Å². The lowest BCUT2D eigenvalue weighted by Gasteiger charge is -2.08. The number of nitrogens with one attached hydrogen (secondary N) is 1. The van der Waals surface area contributed by atoms with Gasteiger partial charge in [-0.1, -0.05) is 5.16 Å². The van der Waals surface area contributed by atoms with E-state index >= 15 is 0 Å². The second-order valence-corrected chi connectivity index (χ2v) is 7.47. The topological polar surface area (TPSA) is 141 Å². The van der Waals surface area contributed by atoms with Crippen molar-refractivity contribution < 1.29 is 17.9 Å². The molecule has 27 heavy (non-hydrogen) atoms. The van der Waals surface area contributed by atoms with Gasteiger partial charge in [-0.15, -0.1) is 0 Å². The van der Waals surface area contributed by atoms with Crippen molar-refractivity contribution in [2.24, 2.45) is 0 Å². The number of nitro benzene ring substituents is 1. The Morgan fingerprint density at radius 2 is 2.00 bits per heavy atom. The maximum atomic E-state index is 12.6. The number of pyridine rings is 1. The monoisotopic (exact) mass is 389 g/mol. The minimum absolute atomic E-state index is 0.0175. The van der Waals surface area contributed by atoms with Gasteiger partial charge in [0.2, 0.25) is 21.7 Å². The molecule has 3 rings (SSSR count). The smallest absolute Gasteiger partial charge is 0.289 e. The Morgan fingerprint density at radius 1 is 1.26 bits per heavy atom. The van der Waals surface area contributed by atoms with E-state index in [1.807, 2.05) is 0 Å². The fourth-order valence-corrected chi connectivity index (χ4v) is 3.52. The highest BCUT2D eigenvalue weighted by Gasteiger charge is 2.27. The number of benzene rings is 1. The standard InChI is InChI=1S/C16H15N5O5S/c1-10-6-13(21(22)23)14(7-11(10)2)27(24,25)18-9-15-19-16(20-26-15)12-4-3-5-17-8-12/h3-8,18H,9H2,1-2H3. The molecule has 140 valence electrons. The molecule has 0 spiro atoms. The molecule has 2 heterocycles. The van der Waals surface area contributed by atoms with Gasteiger partial charge in [0.15, 0.2) is 4.90 Å². The molecule has 0 aliphatic heterocycles. The first-order valence-corrected chi connectivity index (χ1v) is 9.24. The van der Waals surface area contributed by atoms with Crippen molar-refractivity contribution in [1.82, 2.24) is 19.8 Å². The molecule has 0 atom stereocenters. The molecule has 11 heteroatoms. The molecule has 0 aliphatic rings. The highest BCUT2D eigenvalue weighted by atomic mass is 32.2. The molecule has 0 saturated heterocycles. The highest BCUT2D eigenvalue weighted by molar-refractivity contribution is 7.89. The summed E-state index contributed by atoms with van der Waals surface area (Å²) in [6.45, 7) is 3.04. The summed E-state index contributed by atoms with van der Waals surface area (Å²) < 4.78 is 32.4. The van der Waals surface area contributed by atoms with E-state index in [0.717, 1.165) is 0 Å². The Hall–Kier alpha value is -3.18. The third-order valence-corrected chi connectivity index (χ3v) is 5.29. The molecule has 10 nitrogen and oxygen atoms in total. The number of hydrogen-bond acceptors (Lipinski definition) is 8. The van der Waals surface area contributed by atoms with Gasteiger partial charge in [-0.3, -0.25) is 15.1 Å². The van der Waals surface area contributed by atoms with Crippen LogP contribution in [0, 0.1) is 24.0 Å². The van der Waals surface area contributed by atoms with E-state index in [4.69, 9.17) is 4.52 Å². The number of sulfonamides is 1. The van der Waals surface area contributed by atoms with Crippen molar-refractivity contribution >= 4 is 15.7 Å². The van der Waals surface area contributed by atoms with Crippen LogP contribution in [0.15, 0.2) is 46.1 Å². The van der Waals surface area contributed by atoms with Crippen molar-refractivity contribution in [2.45, 2.75) is 25.3 Å². The van der Waals surface area contributed by atoms with E-state index in [0.29, 0.717) is 16.7 Å². The molecular weight excluding hydrogens is 374 g/mol. The number of nitrogens with zero attached hydrogens (tertiary/aromatic N) is 4. The summed E-state index contributed by atoms with van der Waals surface area (Å²) in [4.78, 5) is 18.1. The summed E-state index contributed by atoms with van der Waals surface area (Å²) >= 11 is 0. The lowest BCUT2D eigenvalue weighted by Crippen LogP contribution is -2.24. The van der Waals surface area contributed by atoms with Gasteiger partial charge in [0, 0.05) is 24.0 Å². The van der Waals surface area contributed by atoms with Crippen molar-refractivity contribution in [3.05, 3.63) is 63.8 Å². The fourth-order valence-electron chi connectivity index (χ4n) is 2.31. The zero-order valence-electron chi connectivity index (χ0n) is 14.4. The zero-order chi connectivity index (χ0) is 19.6. The first-order chi connectivity index (χ1) is 12.8. The molecule has 0 saturated carbocycles. The summed E-state index contributed by atoms with van der Waals surface area (Å²) in [6, 6.07) is 5.93. The first kappa shape index (κ1) is 18.6. The van der Waals surface area contributed by atoms with Crippen LogP contribution in [0.3, 0.4) is 0 Å². The van der Waals surface area contributed by atoms with Crippen LogP contribution in [0.25, 0.3) is 11.4 Å². The van der Waals surface area contributed by atoms with E-state index in [-0.39, 0.29) is 18.3 Å². The van der Waals surface area contributed by atoms with Crippen LogP contribution in [0.5, 0.6) is 0 Å². The minimum Gasteiger partial charge on any atom is -0.338 e. The van der Waals surface area contributed by atoms with E-state index < -0.39 is 25.5 Å². The molecular formula is C16H15N5O5S. The molecule has 3 aromatic rings. The summed E-state index contributed by atoms with van der Waals surface area (Å²) in [5.41, 5.74) is 1.36. The predicted octanol–water partition coefficient (Wildman–Crippen LogP) is 2.14. The van der Waals surface area contributed by atoms with Gasteiger partial charge in [-0.2, -0.15) is 4.98 Å². The fraction of sp³-hybridized carbons (Fsp3) is 0.188. The van der Waals surface area contributed by atoms with Crippen LogP contribution >= 0.6 is 0 Å². The molecule has 0 radical (unpaired) electrons. The van der Waals surface area contributed by atoms with Crippen molar-refractivity contribution in [3.63, 3.8) is 0 Å². The van der Waals surface area contributed by atoms with Crippen LogP contribution in [-0.4, -0.2) is 28.5 Å². The number of nitro groups is 1. The van der Waals surface area contributed by atoms with Gasteiger partial charge in [0.25, 0.3) is 5.69 Å². The quantitative estimate of drug-likeness (QED) is 0.499. The maximum Gasteiger partial charge on any atom is 0.289 e. The van der Waals surface area contributed by atoms with E-state index in [1.54, 1.807) is 32.2 Å². The zero-order valence-corrected chi connectivity index (χ0v) is 15.2. The Balaban J connectivity index is 1.83. The third kappa shape index (κ3) is 3.99. The molecule has 1 N–H and O–H groups in total. The number of aromatic nitrogens is 3. The number of rotatable bonds is 6. The van der Waals surface area contributed by atoms with Crippen molar-refractivity contribution in [1.29, 1.82) is 0 Å². The second kappa shape index (κ2) is 7.21. The molecule has 0 fully saturated rings. The van der Waals surface area contributed by atoms with Gasteiger partial charge in [-0.25, -0.2) is 13.1 Å². The Bertz CT molecular complexity index is 1100. The van der Waals surface area contributed by atoms with E-state index in [1.165, 1.54) is 18.3 Å². The third-order valence-electron chi connectivity index (χ3n) is 3.86. The number of hydrogen-bond donors (Lipinski definition) is 1. The average Bonchev–Trinajstić information content (AvgIpc) is 3.11. The Labute approximate surface area is 154 Å². The molecule has 0 unspecified atom stereocenters.